The maximum Gasteiger partial charge on any atom is 0.258 e. The Bertz CT molecular complexity index is 780. The van der Waals surface area contributed by atoms with E-state index in [2.05, 4.69) is 0 Å². The van der Waals surface area contributed by atoms with Crippen molar-refractivity contribution < 1.29 is 9.00 Å². The molecule has 0 spiro atoms. The van der Waals surface area contributed by atoms with Crippen molar-refractivity contribution in [3.63, 3.8) is 0 Å². The van der Waals surface area contributed by atoms with E-state index in [0.29, 0.717) is 34.0 Å². The quantitative estimate of drug-likeness (QED) is 0.811. The van der Waals surface area contributed by atoms with Crippen molar-refractivity contribution in [3.05, 3.63) is 59.7 Å². The van der Waals surface area contributed by atoms with Crippen LogP contribution in [0.2, 0.25) is 0 Å². The summed E-state index contributed by atoms with van der Waals surface area (Å²) in [6.45, 7) is 0.416. The molecule has 0 N–H and O–H groups in total. The molecule has 0 saturated heterocycles. The highest BCUT2D eigenvalue weighted by Gasteiger charge is 2.26. The molecule has 2 aromatic rings. The highest BCUT2D eigenvalue weighted by Crippen LogP contribution is 2.29. The number of hydrogen-bond acceptors (Lipinski definition) is 3. The first kappa shape index (κ1) is 13.5. The van der Waals surface area contributed by atoms with Gasteiger partial charge in [-0.1, -0.05) is 18.2 Å². The predicted octanol–water partition coefficient (Wildman–Crippen LogP) is 2.33. The van der Waals surface area contributed by atoms with Crippen molar-refractivity contribution in [2.75, 3.05) is 17.2 Å². The van der Waals surface area contributed by atoms with Gasteiger partial charge in [-0.25, -0.2) is 0 Å². The summed E-state index contributed by atoms with van der Waals surface area (Å²) in [6, 6.07) is 15.9. The van der Waals surface area contributed by atoms with E-state index in [1.807, 2.05) is 18.2 Å². The van der Waals surface area contributed by atoms with Crippen LogP contribution < -0.4 is 4.90 Å². The van der Waals surface area contributed by atoms with Gasteiger partial charge in [-0.15, -0.1) is 0 Å². The number of rotatable bonds is 1. The minimum atomic E-state index is -1.06. The molecule has 5 heteroatoms. The fourth-order valence-corrected chi connectivity index (χ4v) is 3.58. The Morgan fingerprint density at radius 3 is 2.81 bits per heavy atom. The molecule has 4 nitrogen and oxygen atoms in total. The van der Waals surface area contributed by atoms with Crippen molar-refractivity contribution in [3.8, 4) is 6.07 Å². The van der Waals surface area contributed by atoms with Gasteiger partial charge in [-0.2, -0.15) is 5.26 Å². The fourth-order valence-electron chi connectivity index (χ4n) is 2.37. The second-order valence-corrected chi connectivity index (χ2v) is 6.21. The summed E-state index contributed by atoms with van der Waals surface area (Å²) < 4.78 is 12.0. The van der Waals surface area contributed by atoms with Gasteiger partial charge in [0.25, 0.3) is 5.91 Å². The Morgan fingerprint density at radius 2 is 2.00 bits per heavy atom. The molecule has 0 aromatic heterocycles. The second-order valence-electron chi connectivity index (χ2n) is 4.67. The van der Waals surface area contributed by atoms with Crippen LogP contribution in [0.3, 0.4) is 0 Å². The highest BCUT2D eigenvalue weighted by atomic mass is 32.2. The molecule has 1 heterocycles. The number of para-hydroxylation sites is 1. The van der Waals surface area contributed by atoms with Gasteiger partial charge in [-0.05, 0) is 30.3 Å². The summed E-state index contributed by atoms with van der Waals surface area (Å²) in [7, 11) is -1.06. The number of carbonyl (C=O) groups excluding carboxylic acids is 1. The lowest BCUT2D eigenvalue weighted by atomic mass is 10.1. The van der Waals surface area contributed by atoms with Gasteiger partial charge in [0.15, 0.2) is 0 Å². The topological polar surface area (TPSA) is 61.2 Å². The molecule has 0 bridgehead atoms. The van der Waals surface area contributed by atoms with Crippen LogP contribution in [0.15, 0.2) is 53.4 Å². The number of hydrogen-bond donors (Lipinski definition) is 0. The summed E-state index contributed by atoms with van der Waals surface area (Å²) in [6.07, 6.45) is 0. The zero-order valence-corrected chi connectivity index (χ0v) is 12.0. The van der Waals surface area contributed by atoms with Gasteiger partial charge in [-0.3, -0.25) is 9.00 Å². The SMILES string of the molecule is N#Cc1cccc(C(=O)N2CCS(=O)c3ccccc32)c1. The number of fused-ring (bicyclic) bond motifs is 1. The molecule has 0 aliphatic carbocycles. The third-order valence-electron chi connectivity index (χ3n) is 3.39. The zero-order valence-electron chi connectivity index (χ0n) is 11.2. The van der Waals surface area contributed by atoms with Crippen LogP contribution in [0, 0.1) is 11.3 Å². The van der Waals surface area contributed by atoms with Crippen molar-refractivity contribution in [2.45, 2.75) is 4.90 Å². The molecular formula is C16H12N2O2S. The third-order valence-corrected chi connectivity index (χ3v) is 4.77. The molecule has 21 heavy (non-hydrogen) atoms. The summed E-state index contributed by atoms with van der Waals surface area (Å²) in [4.78, 5) is 15.0. The minimum Gasteiger partial charge on any atom is -0.306 e. The molecule has 1 aliphatic rings. The molecule has 1 atom stereocenters. The lowest BCUT2D eigenvalue weighted by Gasteiger charge is -2.28. The number of carbonyl (C=O) groups is 1. The lowest BCUT2D eigenvalue weighted by Crippen LogP contribution is -2.38. The van der Waals surface area contributed by atoms with E-state index in [1.54, 1.807) is 41.3 Å². The average molecular weight is 296 g/mol. The molecule has 1 aliphatic heterocycles. The second kappa shape index (κ2) is 5.51. The van der Waals surface area contributed by atoms with Crippen molar-refractivity contribution in [2.24, 2.45) is 0 Å². The Morgan fingerprint density at radius 1 is 1.19 bits per heavy atom. The molecular weight excluding hydrogens is 284 g/mol. The molecule has 3 rings (SSSR count). The first-order valence-corrected chi connectivity index (χ1v) is 7.82. The van der Waals surface area contributed by atoms with Crippen LogP contribution in [0.4, 0.5) is 5.69 Å². The maximum absolute atomic E-state index is 12.7. The predicted molar refractivity (Wildman–Crippen MR) is 80.6 cm³/mol. The van der Waals surface area contributed by atoms with Gasteiger partial charge >= 0.3 is 0 Å². The van der Waals surface area contributed by atoms with Crippen LogP contribution in [0.1, 0.15) is 15.9 Å². The van der Waals surface area contributed by atoms with Crippen molar-refractivity contribution in [1.82, 2.24) is 0 Å². The molecule has 1 amide bonds. The van der Waals surface area contributed by atoms with Crippen LogP contribution in [0.5, 0.6) is 0 Å². The Kier molecular flexibility index (Phi) is 3.55. The van der Waals surface area contributed by atoms with E-state index in [-0.39, 0.29) is 5.91 Å². The molecule has 0 fully saturated rings. The van der Waals surface area contributed by atoms with E-state index < -0.39 is 10.8 Å². The summed E-state index contributed by atoms with van der Waals surface area (Å²) >= 11 is 0. The minimum absolute atomic E-state index is 0.170. The monoisotopic (exact) mass is 296 g/mol. The van der Waals surface area contributed by atoms with E-state index >= 15 is 0 Å². The van der Waals surface area contributed by atoms with Crippen LogP contribution in [-0.2, 0) is 10.8 Å². The van der Waals surface area contributed by atoms with E-state index in [1.165, 1.54) is 0 Å². The number of anilines is 1. The van der Waals surface area contributed by atoms with Gasteiger partial charge < -0.3 is 4.90 Å². The molecule has 104 valence electrons. The van der Waals surface area contributed by atoms with Gasteiger partial charge in [0.1, 0.15) is 0 Å². The van der Waals surface area contributed by atoms with E-state index in [0.717, 1.165) is 0 Å². The Labute approximate surface area is 125 Å². The summed E-state index contributed by atoms with van der Waals surface area (Å²) in [5, 5.41) is 8.93. The average Bonchev–Trinajstić information content (AvgIpc) is 2.55. The fraction of sp³-hybridized carbons (Fsp3) is 0.125. The van der Waals surface area contributed by atoms with Gasteiger partial charge in [0.05, 0.1) is 33.0 Å². The first-order valence-electron chi connectivity index (χ1n) is 6.50. The van der Waals surface area contributed by atoms with Gasteiger partial charge in [0, 0.05) is 17.9 Å². The van der Waals surface area contributed by atoms with Crippen molar-refractivity contribution >= 4 is 22.4 Å². The normalized spacial score (nSPS) is 16.9. The standard InChI is InChI=1S/C16H12N2O2S/c17-11-12-4-3-5-13(10-12)16(19)18-8-9-21(20)15-7-2-1-6-14(15)18/h1-7,10H,8-9H2. The number of nitrogens with zero attached hydrogens (tertiary/aromatic N) is 2. The zero-order chi connectivity index (χ0) is 14.8. The van der Waals surface area contributed by atoms with E-state index in [9.17, 15) is 9.00 Å². The Hall–Kier alpha value is -2.45. The van der Waals surface area contributed by atoms with Crippen LogP contribution in [0.25, 0.3) is 0 Å². The molecule has 0 saturated carbocycles. The molecule has 2 aromatic carbocycles. The summed E-state index contributed by atoms with van der Waals surface area (Å²) in [5.74, 6) is 0.261. The van der Waals surface area contributed by atoms with Crippen molar-refractivity contribution in [1.29, 1.82) is 5.26 Å². The van der Waals surface area contributed by atoms with Crippen LogP contribution in [-0.4, -0.2) is 22.4 Å². The smallest absolute Gasteiger partial charge is 0.258 e. The van der Waals surface area contributed by atoms with Crippen LogP contribution >= 0.6 is 0 Å². The largest absolute Gasteiger partial charge is 0.306 e. The molecule has 1 unspecified atom stereocenters. The third kappa shape index (κ3) is 2.46. The van der Waals surface area contributed by atoms with E-state index in [4.69, 9.17) is 5.26 Å². The highest BCUT2D eigenvalue weighted by molar-refractivity contribution is 7.85. The first-order chi connectivity index (χ1) is 10.2. The lowest BCUT2D eigenvalue weighted by molar-refractivity contribution is 0.0987. The number of nitriles is 1. The Balaban J connectivity index is 2.01. The number of benzene rings is 2. The summed E-state index contributed by atoms with van der Waals surface area (Å²) in [5.41, 5.74) is 1.61. The number of amides is 1. The molecule has 0 radical (unpaired) electrons. The van der Waals surface area contributed by atoms with Gasteiger partial charge in [0.2, 0.25) is 0 Å². The maximum atomic E-state index is 12.7.